The Bertz CT molecular complexity index is 1600. The fraction of sp³-hybridized carbons (Fsp3) is 0.368. The number of aliphatic hydroxyl groups is 2. The summed E-state index contributed by atoms with van der Waals surface area (Å²) < 4.78 is 61.8. The molecule has 4 atom stereocenters. The van der Waals surface area contributed by atoms with E-state index in [4.69, 9.17) is 8.37 Å². The van der Waals surface area contributed by atoms with Gasteiger partial charge in [-0.25, -0.2) is 0 Å². The van der Waals surface area contributed by atoms with Gasteiger partial charge in [-0.15, -0.1) is 0 Å². The van der Waals surface area contributed by atoms with Crippen LogP contribution >= 0.6 is 0 Å². The van der Waals surface area contributed by atoms with Gasteiger partial charge in [0.1, 0.15) is 22.7 Å². The monoisotopic (exact) mass is 696 g/mol. The van der Waals surface area contributed by atoms with Gasteiger partial charge in [0.15, 0.2) is 0 Å². The van der Waals surface area contributed by atoms with Crippen LogP contribution in [0, 0.1) is 10.8 Å². The predicted molar refractivity (Wildman–Crippen MR) is 190 cm³/mol. The molecule has 0 fully saturated rings. The van der Waals surface area contributed by atoms with Crippen LogP contribution < -0.4 is 0 Å². The Kier molecular flexibility index (Phi) is 13.7. The SMILES string of the molecule is CC(C)(C)COS(=O)(=O)[C@@H](c1ccccc1)[C@@H](O)c1ccccc1.CC(C)(C)COS(=O)(=O)[C@H](c1ccccc1)[C@H](O)c1ccccc1. The van der Waals surface area contributed by atoms with E-state index in [0.29, 0.717) is 22.3 Å². The summed E-state index contributed by atoms with van der Waals surface area (Å²) in [5.74, 6) is 0. The van der Waals surface area contributed by atoms with Crippen molar-refractivity contribution in [2.45, 2.75) is 64.3 Å². The summed E-state index contributed by atoms with van der Waals surface area (Å²) in [6.07, 6.45) is -2.42. The summed E-state index contributed by atoms with van der Waals surface area (Å²) in [4.78, 5) is 0. The number of hydrogen-bond donors (Lipinski definition) is 2. The number of rotatable bonds is 12. The highest BCUT2D eigenvalue weighted by Crippen LogP contribution is 2.38. The van der Waals surface area contributed by atoms with Crippen molar-refractivity contribution in [1.82, 2.24) is 0 Å². The van der Waals surface area contributed by atoms with Gasteiger partial charge in [-0.1, -0.05) is 163 Å². The first-order chi connectivity index (χ1) is 22.4. The highest BCUT2D eigenvalue weighted by atomic mass is 32.2. The highest BCUT2D eigenvalue weighted by molar-refractivity contribution is 7.87. The van der Waals surface area contributed by atoms with Crippen molar-refractivity contribution >= 4 is 20.2 Å². The van der Waals surface area contributed by atoms with Crippen molar-refractivity contribution in [3.63, 3.8) is 0 Å². The van der Waals surface area contributed by atoms with Crippen LogP contribution in [-0.4, -0.2) is 40.3 Å². The summed E-state index contributed by atoms with van der Waals surface area (Å²) in [5, 5.41) is 19.1. The highest BCUT2D eigenvalue weighted by Gasteiger charge is 2.38. The summed E-state index contributed by atoms with van der Waals surface area (Å²) in [5.41, 5.74) is 1.48. The molecule has 0 bridgehead atoms. The number of benzene rings is 4. The van der Waals surface area contributed by atoms with Crippen molar-refractivity contribution in [2.24, 2.45) is 10.8 Å². The lowest BCUT2D eigenvalue weighted by atomic mass is 9.99. The van der Waals surface area contributed by atoms with Gasteiger partial charge in [0.2, 0.25) is 0 Å². The topological polar surface area (TPSA) is 127 Å². The van der Waals surface area contributed by atoms with Gasteiger partial charge in [0, 0.05) is 0 Å². The molecule has 0 aromatic heterocycles. The van der Waals surface area contributed by atoms with Crippen LogP contribution in [0.15, 0.2) is 121 Å². The molecule has 0 saturated carbocycles. The van der Waals surface area contributed by atoms with E-state index in [1.807, 2.05) is 53.7 Å². The van der Waals surface area contributed by atoms with Crippen molar-refractivity contribution in [1.29, 1.82) is 0 Å². The summed E-state index contributed by atoms with van der Waals surface area (Å²) in [6, 6.07) is 34.9. The summed E-state index contributed by atoms with van der Waals surface area (Å²) in [6.45, 7) is 11.5. The molecule has 0 aliphatic heterocycles. The second kappa shape index (κ2) is 16.8. The van der Waals surface area contributed by atoms with Gasteiger partial charge in [0.05, 0.1) is 13.2 Å². The molecule has 0 amide bonds. The van der Waals surface area contributed by atoms with E-state index in [1.54, 1.807) is 109 Å². The smallest absolute Gasteiger partial charge is 0.277 e. The quantitative estimate of drug-likeness (QED) is 0.144. The second-order valence-electron chi connectivity index (χ2n) is 14.0. The lowest BCUT2D eigenvalue weighted by Gasteiger charge is -2.25. The van der Waals surface area contributed by atoms with Crippen molar-refractivity contribution in [3.8, 4) is 0 Å². The van der Waals surface area contributed by atoms with Crippen molar-refractivity contribution in [2.75, 3.05) is 13.2 Å². The second-order valence-corrected chi connectivity index (χ2v) is 17.5. The predicted octanol–water partition coefficient (Wildman–Crippen LogP) is 7.71. The molecule has 260 valence electrons. The van der Waals surface area contributed by atoms with Crippen LogP contribution in [0.4, 0.5) is 0 Å². The molecule has 0 aliphatic carbocycles. The van der Waals surface area contributed by atoms with Crippen molar-refractivity contribution < 1.29 is 35.4 Å². The first-order valence-corrected chi connectivity index (χ1v) is 18.7. The fourth-order valence-corrected chi connectivity index (χ4v) is 7.87. The maximum Gasteiger partial charge on any atom is 0.277 e. The molecule has 4 rings (SSSR count). The molecule has 0 heterocycles. The number of aliphatic hydroxyl groups excluding tert-OH is 2. The Balaban J connectivity index is 0.000000260. The van der Waals surface area contributed by atoms with Crippen LogP contribution in [0.2, 0.25) is 0 Å². The molecule has 8 nitrogen and oxygen atoms in total. The van der Waals surface area contributed by atoms with Crippen LogP contribution in [-0.2, 0) is 28.6 Å². The van der Waals surface area contributed by atoms with Crippen LogP contribution in [0.25, 0.3) is 0 Å². The third kappa shape index (κ3) is 11.9. The van der Waals surface area contributed by atoms with E-state index < -0.39 is 42.9 Å². The molecule has 48 heavy (non-hydrogen) atoms. The first-order valence-electron chi connectivity index (χ1n) is 15.7. The molecule has 4 aromatic carbocycles. The lowest BCUT2D eigenvalue weighted by molar-refractivity contribution is 0.152. The number of hydrogen-bond acceptors (Lipinski definition) is 8. The minimum Gasteiger partial charge on any atom is -0.387 e. The largest absolute Gasteiger partial charge is 0.387 e. The van der Waals surface area contributed by atoms with E-state index in [9.17, 15) is 27.0 Å². The minimum atomic E-state index is -4.01. The minimum absolute atomic E-state index is 0.0557. The van der Waals surface area contributed by atoms with Crippen LogP contribution in [0.3, 0.4) is 0 Å². The van der Waals surface area contributed by atoms with Gasteiger partial charge in [-0.2, -0.15) is 16.8 Å². The summed E-state index contributed by atoms with van der Waals surface area (Å²) in [7, 11) is -8.01. The molecule has 0 aliphatic rings. The normalized spacial score (nSPS) is 15.0. The van der Waals surface area contributed by atoms with E-state index >= 15 is 0 Å². The van der Waals surface area contributed by atoms with E-state index in [1.165, 1.54) is 0 Å². The van der Waals surface area contributed by atoms with Crippen molar-refractivity contribution in [3.05, 3.63) is 144 Å². The van der Waals surface area contributed by atoms with Gasteiger partial charge < -0.3 is 10.2 Å². The van der Waals surface area contributed by atoms with Crippen LogP contribution in [0.1, 0.15) is 86.5 Å². The Labute approximate surface area is 286 Å². The Hall–Kier alpha value is -3.38. The fourth-order valence-electron chi connectivity index (χ4n) is 4.61. The first kappa shape index (κ1) is 39.1. The van der Waals surface area contributed by atoms with Gasteiger partial charge in [-0.3, -0.25) is 8.37 Å². The average molecular weight is 697 g/mol. The molecule has 10 heteroatoms. The average Bonchev–Trinajstić information content (AvgIpc) is 3.04. The third-order valence-corrected chi connectivity index (χ3v) is 10.2. The molecule has 2 N–H and O–H groups in total. The molecule has 0 unspecified atom stereocenters. The van der Waals surface area contributed by atoms with Gasteiger partial charge in [-0.05, 0) is 33.1 Å². The zero-order valence-corrected chi connectivity index (χ0v) is 30.1. The van der Waals surface area contributed by atoms with Gasteiger partial charge >= 0.3 is 0 Å². The Morgan fingerprint density at radius 3 is 0.917 bits per heavy atom. The molecular weight excluding hydrogens is 649 g/mol. The zero-order valence-electron chi connectivity index (χ0n) is 28.4. The molecule has 4 aromatic rings. The molecule has 0 radical (unpaired) electrons. The van der Waals surface area contributed by atoms with Gasteiger partial charge in [0.25, 0.3) is 20.2 Å². The van der Waals surface area contributed by atoms with E-state index in [0.717, 1.165) is 0 Å². The third-order valence-electron chi connectivity index (χ3n) is 7.05. The van der Waals surface area contributed by atoms with Crippen LogP contribution in [0.5, 0.6) is 0 Å². The van der Waals surface area contributed by atoms with E-state index in [-0.39, 0.29) is 24.0 Å². The zero-order chi connectivity index (χ0) is 35.6. The maximum atomic E-state index is 12.8. The lowest BCUT2D eigenvalue weighted by Crippen LogP contribution is -2.26. The Morgan fingerprint density at radius 2 is 0.688 bits per heavy atom. The summed E-state index contributed by atoms with van der Waals surface area (Å²) >= 11 is 0. The Morgan fingerprint density at radius 1 is 0.458 bits per heavy atom. The molecule has 0 spiro atoms. The maximum absolute atomic E-state index is 12.8. The molecular formula is C38H48O8S2. The molecule has 0 saturated heterocycles. The van der Waals surface area contributed by atoms with E-state index in [2.05, 4.69) is 0 Å². The standard InChI is InChI=1S/2C19H24O4S/c2*1-19(2,3)14-23-24(21,22)18(16-12-8-5-9-13-16)17(20)15-10-6-4-7-11-15/h2*4-13,17-18,20H,14H2,1-3H3/t2*17-,18-/m10/s1.